The summed E-state index contributed by atoms with van der Waals surface area (Å²) in [7, 11) is -9.66. The molecule has 0 saturated heterocycles. The van der Waals surface area contributed by atoms with E-state index in [2.05, 4.69) is 20.5 Å². The smallest absolute Gasteiger partial charge is 0.866 e. The second-order valence-corrected chi connectivity index (χ2v) is 14.4. The molecular weight excluding hydrogens is 972 g/mol. The van der Waals surface area contributed by atoms with Crippen molar-refractivity contribution < 1.29 is 161 Å². The maximum atomic E-state index is 12.1. The van der Waals surface area contributed by atoms with Crippen LogP contribution in [0.1, 0.15) is 0 Å². The fraction of sp³-hybridized carbons (Fsp3) is 0. The number of benzene rings is 6. The molecule has 6 rings (SSSR count). The van der Waals surface area contributed by atoms with Crippen LogP contribution in [0.15, 0.2) is 115 Å². The zero-order valence-corrected chi connectivity index (χ0v) is 41.1. The average molecular weight is 991 g/mol. The first kappa shape index (κ1) is 57.2. The number of nitrogen functional groups attached to an aromatic ring is 1. The normalized spacial score (nSPS) is 11.0. The van der Waals surface area contributed by atoms with E-state index in [1.807, 2.05) is 0 Å². The number of nitrogens with two attached hydrogens (primary N) is 1. The number of hydrogen-bond acceptors (Lipinski definition) is 20. The van der Waals surface area contributed by atoms with Gasteiger partial charge in [0.05, 0.1) is 59.5 Å². The number of rotatable bonds is 10. The van der Waals surface area contributed by atoms with Crippen molar-refractivity contribution in [2.24, 2.45) is 20.5 Å². The van der Waals surface area contributed by atoms with Gasteiger partial charge in [0.1, 0.15) is 20.7 Å². The van der Waals surface area contributed by atoms with Gasteiger partial charge in [0.15, 0.2) is 0 Å². The molecule has 0 fully saturated rings. The number of non-ortho nitro benzene ring substituents is 2. The second-order valence-electron chi connectivity index (χ2n) is 11.7. The Morgan fingerprint density at radius 1 is 0.547 bits per heavy atom. The zero-order valence-electron chi connectivity index (χ0n) is 32.5. The Labute approximate surface area is 434 Å². The van der Waals surface area contributed by atoms with Gasteiger partial charge in [-0.25, -0.2) is 8.42 Å². The molecule has 0 bridgehead atoms. The summed E-state index contributed by atoms with van der Waals surface area (Å²) in [6, 6.07) is 15.5. The van der Waals surface area contributed by atoms with Crippen molar-refractivity contribution in [3.8, 4) is 11.5 Å². The number of nitro groups is 4. The molecule has 0 aliphatic carbocycles. The molecular formula is C32H18CoN10Na3O16S2+2. The molecule has 32 heteroatoms. The Morgan fingerprint density at radius 3 is 1.30 bits per heavy atom. The van der Waals surface area contributed by atoms with Gasteiger partial charge >= 0.3 is 105 Å². The summed E-state index contributed by atoms with van der Waals surface area (Å²) in [4.78, 5) is 38.5. The Hall–Kier alpha value is -4.83. The third kappa shape index (κ3) is 12.7. The minimum absolute atomic E-state index is 0. The summed E-state index contributed by atoms with van der Waals surface area (Å²) in [6.07, 6.45) is 0. The third-order valence-electron chi connectivity index (χ3n) is 7.97. The van der Waals surface area contributed by atoms with Gasteiger partial charge in [-0.05, 0) is 22.9 Å². The summed E-state index contributed by atoms with van der Waals surface area (Å²) < 4.78 is 67.7. The average Bonchev–Trinajstić information content (AvgIpc) is 3.17. The molecule has 0 aliphatic rings. The number of nitrogens with one attached hydrogen (secondary N) is 1. The molecule has 0 saturated carbocycles. The predicted octanol–water partition coefficient (Wildman–Crippen LogP) is -2.28. The summed E-state index contributed by atoms with van der Waals surface area (Å²) in [5, 5.41) is 82.6. The summed E-state index contributed by atoms with van der Waals surface area (Å²) in [6.45, 7) is 0. The van der Waals surface area contributed by atoms with Gasteiger partial charge in [-0.15, -0.1) is 10.8 Å². The SMILES string of the molecule is Nc1c(N=Nc2cc([N+](=O)[O-])cc([N+](=O)[O-])c2[O-])cc(S(=O)(=O)O)c2ccccc12.[Co+3].[NH-]c1c(N=Nc2cc([N+](=O)[O-])cc([N+](=O)[O-])c2[O-])cc(S(=O)(=O)[O-])c2ccccc12.[Na+].[Na+].[Na+]. The van der Waals surface area contributed by atoms with Gasteiger partial charge in [-0.3, -0.25) is 45.0 Å². The molecule has 0 atom stereocenters. The first-order valence-corrected chi connectivity index (χ1v) is 18.5. The molecule has 0 amide bonds. The van der Waals surface area contributed by atoms with E-state index >= 15 is 0 Å². The fourth-order valence-electron chi connectivity index (χ4n) is 5.27. The van der Waals surface area contributed by atoms with Crippen molar-refractivity contribution in [1.29, 1.82) is 0 Å². The Morgan fingerprint density at radius 2 is 0.906 bits per heavy atom. The maximum Gasteiger partial charge on any atom is 3.00 e. The second kappa shape index (κ2) is 22.9. The van der Waals surface area contributed by atoms with E-state index in [1.165, 1.54) is 42.5 Å². The van der Waals surface area contributed by atoms with Crippen molar-refractivity contribution in [3.63, 3.8) is 0 Å². The number of hydrogen-bond donors (Lipinski definition) is 2. The standard InChI is InChI=1S/C16H11N5O8S.C16H10N5O8S.Co.3Na/c2*17-15-10-4-2-1-3-9(10)14(30(27,28)29)7-11(15)18-19-12-5-8(20(23)24)6-13(16(12)22)21(25)26;;;;/h1-7,22H,17H2,(H,27,28,29);1-7H,(H3-,17,18,19,22,27,28,29);;;;/q;-1;+3;3*+1/p-3. The maximum absolute atomic E-state index is 12.1. The molecule has 0 spiro atoms. The van der Waals surface area contributed by atoms with Crippen LogP contribution in [0.5, 0.6) is 11.5 Å². The van der Waals surface area contributed by atoms with Gasteiger partial charge in [-0.1, -0.05) is 48.5 Å². The molecule has 0 aliphatic heterocycles. The molecule has 6 aromatic rings. The zero-order chi connectivity index (χ0) is 44.4. The molecule has 4 N–H and O–H groups in total. The van der Waals surface area contributed by atoms with Crippen LogP contribution in [0.2, 0.25) is 0 Å². The fourth-order valence-corrected chi connectivity index (χ4v) is 6.69. The van der Waals surface area contributed by atoms with Crippen LogP contribution in [-0.2, 0) is 37.0 Å². The van der Waals surface area contributed by atoms with Crippen molar-refractivity contribution >= 4 is 98.7 Å². The van der Waals surface area contributed by atoms with Crippen molar-refractivity contribution in [2.45, 2.75) is 9.79 Å². The van der Waals surface area contributed by atoms with Crippen molar-refractivity contribution in [1.82, 2.24) is 0 Å². The van der Waals surface area contributed by atoms with Crippen LogP contribution < -0.4 is 105 Å². The number of azo groups is 2. The summed E-state index contributed by atoms with van der Waals surface area (Å²) >= 11 is 0. The van der Waals surface area contributed by atoms with Crippen LogP contribution in [0.25, 0.3) is 27.3 Å². The molecule has 0 aromatic heterocycles. The minimum Gasteiger partial charge on any atom is -0.866 e. The first-order valence-electron chi connectivity index (χ1n) is 15.6. The largest absolute Gasteiger partial charge is 3.00 e. The molecule has 64 heavy (non-hydrogen) atoms. The summed E-state index contributed by atoms with van der Waals surface area (Å²) in [5.74, 6) is -2.50. The molecule has 26 nitrogen and oxygen atoms in total. The van der Waals surface area contributed by atoms with Gasteiger partial charge in [0.25, 0.3) is 32.9 Å². The Kier molecular flexibility index (Phi) is 20.4. The Balaban J connectivity index is 0.000000602. The van der Waals surface area contributed by atoms with E-state index in [-0.39, 0.29) is 144 Å². The van der Waals surface area contributed by atoms with Crippen molar-refractivity contribution in [3.05, 3.63) is 131 Å². The minimum atomic E-state index is -4.97. The molecule has 314 valence electrons. The van der Waals surface area contributed by atoms with Crippen LogP contribution in [0.3, 0.4) is 0 Å². The van der Waals surface area contributed by atoms with Crippen molar-refractivity contribution in [2.75, 3.05) is 5.73 Å². The first-order chi connectivity index (χ1) is 28.0. The number of fused-ring (bicyclic) bond motifs is 2. The number of anilines is 1. The van der Waals surface area contributed by atoms with Gasteiger partial charge in [0, 0.05) is 34.4 Å². The van der Waals surface area contributed by atoms with E-state index in [0.29, 0.717) is 24.3 Å². The van der Waals surface area contributed by atoms with E-state index in [1.54, 1.807) is 6.07 Å². The Bertz CT molecular complexity index is 2940. The summed E-state index contributed by atoms with van der Waals surface area (Å²) in [5.41, 5.74) is 7.75. The third-order valence-corrected chi connectivity index (χ3v) is 9.74. The van der Waals surface area contributed by atoms with Crippen LogP contribution >= 0.6 is 0 Å². The molecule has 0 radical (unpaired) electrons. The quantitative estimate of drug-likeness (QED) is 0.0364. The monoisotopic (exact) mass is 990 g/mol. The molecule has 0 unspecified atom stereocenters. The van der Waals surface area contributed by atoms with Crippen LogP contribution in [0, 0.1) is 40.5 Å². The van der Waals surface area contributed by atoms with E-state index in [4.69, 9.17) is 11.5 Å². The van der Waals surface area contributed by atoms with E-state index in [0.717, 1.165) is 12.1 Å². The topological polar surface area (TPSA) is 430 Å². The number of nitrogens with zero attached hydrogens (tertiary/aromatic N) is 8. The van der Waals surface area contributed by atoms with Crippen LogP contribution in [-0.4, -0.2) is 45.6 Å². The predicted molar refractivity (Wildman–Crippen MR) is 201 cm³/mol. The van der Waals surface area contributed by atoms with Crippen LogP contribution in [0.4, 0.5) is 56.9 Å². The molecule has 0 heterocycles. The van der Waals surface area contributed by atoms with E-state index in [9.17, 15) is 76.6 Å². The van der Waals surface area contributed by atoms with Gasteiger partial charge < -0.3 is 26.2 Å². The number of nitro benzene ring substituents is 4. The van der Waals surface area contributed by atoms with Gasteiger partial charge in [-0.2, -0.15) is 23.8 Å². The van der Waals surface area contributed by atoms with Gasteiger partial charge in [0.2, 0.25) is 0 Å². The van der Waals surface area contributed by atoms with E-state index < -0.39 is 101 Å². The molecule has 6 aromatic carbocycles.